The minimum Gasteiger partial charge on any atom is -0.367 e. The molecule has 8 aliphatic rings. The molecule has 4 saturated carbocycles. The van der Waals surface area contributed by atoms with Crippen LogP contribution in [0.1, 0.15) is 98.8 Å². The Kier molecular flexibility index (Phi) is 4.53. The lowest BCUT2D eigenvalue weighted by atomic mass is 9.55. The van der Waals surface area contributed by atoms with Gasteiger partial charge in [-0.3, -0.25) is 0 Å². The SMILES string of the molecule is CCC1CNC23C4C[C@@H](C)[C@H]2[C@@]2(CCC5C(=C2C)C[C@H]2C5CC=C5CC(C)CCC52C)OC(C1)C43. The van der Waals surface area contributed by atoms with E-state index < -0.39 is 0 Å². The van der Waals surface area contributed by atoms with E-state index in [0.717, 1.165) is 47.3 Å². The van der Waals surface area contributed by atoms with Crippen LogP contribution in [0.5, 0.6) is 0 Å². The van der Waals surface area contributed by atoms with Gasteiger partial charge in [-0.2, -0.15) is 0 Å². The van der Waals surface area contributed by atoms with Gasteiger partial charge in [0.25, 0.3) is 0 Å². The van der Waals surface area contributed by atoms with Gasteiger partial charge in [-0.05, 0) is 124 Å². The van der Waals surface area contributed by atoms with Gasteiger partial charge in [0.15, 0.2) is 0 Å². The molecular weight excluding hydrogens is 426 g/mol. The van der Waals surface area contributed by atoms with E-state index in [0.29, 0.717) is 23.0 Å². The van der Waals surface area contributed by atoms with Gasteiger partial charge >= 0.3 is 0 Å². The highest BCUT2D eigenvalue weighted by atomic mass is 16.5. The Morgan fingerprint density at radius 2 is 1.94 bits per heavy atom. The van der Waals surface area contributed by atoms with Gasteiger partial charge in [0.2, 0.25) is 0 Å². The summed E-state index contributed by atoms with van der Waals surface area (Å²) in [6.45, 7) is 13.9. The second-order valence-electron chi connectivity index (χ2n) is 15.2. The topological polar surface area (TPSA) is 21.3 Å². The van der Waals surface area contributed by atoms with Crippen LogP contribution in [-0.2, 0) is 4.74 Å². The van der Waals surface area contributed by atoms with E-state index in [-0.39, 0.29) is 5.60 Å². The second kappa shape index (κ2) is 7.07. The highest BCUT2D eigenvalue weighted by Crippen LogP contribution is 2.77. The summed E-state index contributed by atoms with van der Waals surface area (Å²) >= 11 is 0. The van der Waals surface area contributed by atoms with Crippen molar-refractivity contribution in [3.63, 3.8) is 0 Å². The zero-order valence-electron chi connectivity index (χ0n) is 23.0. The van der Waals surface area contributed by atoms with Crippen LogP contribution in [-0.4, -0.2) is 23.8 Å². The Morgan fingerprint density at radius 1 is 1.09 bits per heavy atom. The number of nitrogens with one attached hydrogen (secondary N) is 1. The number of allylic oxidation sites excluding steroid dienone is 3. The molecule has 2 saturated heterocycles. The van der Waals surface area contributed by atoms with Gasteiger partial charge < -0.3 is 10.1 Å². The molecule has 2 bridgehead atoms. The first-order valence-corrected chi connectivity index (χ1v) is 15.7. The summed E-state index contributed by atoms with van der Waals surface area (Å²) in [7, 11) is 0. The molecule has 2 nitrogen and oxygen atoms in total. The van der Waals surface area contributed by atoms with E-state index in [2.05, 4.69) is 46.0 Å². The Balaban J connectivity index is 1.20. The highest BCUT2D eigenvalue weighted by molar-refractivity contribution is 5.43. The first kappa shape index (κ1) is 22.4. The van der Waals surface area contributed by atoms with Crippen molar-refractivity contribution in [1.82, 2.24) is 5.32 Å². The number of ether oxygens (including phenoxy) is 1. The summed E-state index contributed by atoms with van der Waals surface area (Å²) in [6, 6.07) is 0. The zero-order chi connectivity index (χ0) is 23.9. The molecule has 6 aliphatic carbocycles. The third-order valence-electron chi connectivity index (χ3n) is 14.1. The molecule has 1 N–H and O–H groups in total. The predicted octanol–water partition coefficient (Wildman–Crippen LogP) is 7.30. The summed E-state index contributed by atoms with van der Waals surface area (Å²) < 4.78 is 7.56. The summed E-state index contributed by atoms with van der Waals surface area (Å²) in [6.07, 6.45) is 16.9. The molecule has 0 aromatic rings. The lowest BCUT2D eigenvalue weighted by Crippen LogP contribution is -2.61. The number of rotatable bonds is 1. The number of hydrogen-bond acceptors (Lipinski definition) is 2. The first-order valence-electron chi connectivity index (χ1n) is 15.7. The zero-order valence-corrected chi connectivity index (χ0v) is 23.0. The molecular formula is C33H49NO. The van der Waals surface area contributed by atoms with Crippen LogP contribution in [0.15, 0.2) is 22.8 Å². The summed E-state index contributed by atoms with van der Waals surface area (Å²) in [5, 5.41) is 4.30. The third kappa shape index (κ3) is 2.56. The van der Waals surface area contributed by atoms with Crippen LogP contribution in [0.25, 0.3) is 0 Å². The third-order valence-corrected chi connectivity index (χ3v) is 14.1. The van der Waals surface area contributed by atoms with Crippen LogP contribution in [0.4, 0.5) is 0 Å². The molecule has 0 radical (unpaired) electrons. The van der Waals surface area contributed by atoms with Crippen LogP contribution in [0, 0.1) is 58.7 Å². The molecule has 9 unspecified atom stereocenters. The molecule has 0 aromatic carbocycles. The maximum Gasteiger partial charge on any atom is 0.0944 e. The Labute approximate surface area is 214 Å². The van der Waals surface area contributed by atoms with Crippen LogP contribution in [0.3, 0.4) is 0 Å². The fourth-order valence-electron chi connectivity index (χ4n) is 12.5. The summed E-state index contributed by atoms with van der Waals surface area (Å²) in [4.78, 5) is 0. The van der Waals surface area contributed by atoms with Crippen molar-refractivity contribution in [2.24, 2.45) is 58.7 Å². The Bertz CT molecular complexity index is 1010. The molecule has 0 aromatic heterocycles. The van der Waals surface area contributed by atoms with Gasteiger partial charge in [-0.15, -0.1) is 0 Å². The lowest BCUT2D eigenvalue weighted by molar-refractivity contribution is -0.176. The number of hydrogen-bond donors (Lipinski definition) is 1. The average molecular weight is 476 g/mol. The molecule has 0 amide bonds. The maximum absolute atomic E-state index is 7.56. The van der Waals surface area contributed by atoms with Gasteiger partial charge in [0.05, 0.1) is 11.7 Å². The standard InChI is InChI=1S/C33H49NO/c1-6-21-15-28-29-27-14-19(3)30(33(27,29)34-17-21)32(35-28)12-10-23-24-8-7-22-13-18(2)9-11-31(22,5)26(24)16-25(23)20(32)4/h7,18-19,21,23-24,26-30,34H,6,8-17H2,1-5H3/t18?,19-,21?,23?,24?,26+,27?,28?,29?,30+,31?,32+,33?/m1/s1. The largest absolute Gasteiger partial charge is 0.367 e. The van der Waals surface area contributed by atoms with Crippen LogP contribution < -0.4 is 5.32 Å². The van der Waals surface area contributed by atoms with E-state index in [1.807, 2.05) is 11.1 Å². The minimum atomic E-state index is 0.0268. The maximum atomic E-state index is 7.56. The van der Waals surface area contributed by atoms with E-state index in [4.69, 9.17) is 4.74 Å². The normalized spacial score (nSPS) is 59.9. The molecule has 6 fully saturated rings. The highest BCUT2D eigenvalue weighted by Gasteiger charge is 2.82. The van der Waals surface area contributed by atoms with Gasteiger partial charge in [0, 0.05) is 17.4 Å². The average Bonchev–Trinajstić information content (AvgIpc) is 3.16. The number of fused-ring (bicyclic) bond motifs is 6. The van der Waals surface area contributed by atoms with E-state index in [1.54, 1.807) is 5.57 Å². The first-order chi connectivity index (χ1) is 16.8. The van der Waals surface area contributed by atoms with Crippen molar-refractivity contribution >= 4 is 0 Å². The van der Waals surface area contributed by atoms with E-state index >= 15 is 0 Å². The van der Waals surface area contributed by atoms with Crippen molar-refractivity contribution in [3.05, 3.63) is 22.8 Å². The lowest BCUT2D eigenvalue weighted by Gasteiger charge is -2.55. The quantitative estimate of drug-likeness (QED) is 0.402. The van der Waals surface area contributed by atoms with Crippen LogP contribution >= 0.6 is 0 Å². The molecule has 2 aliphatic heterocycles. The van der Waals surface area contributed by atoms with Gasteiger partial charge in [-0.1, -0.05) is 51.3 Å². The second-order valence-corrected chi connectivity index (χ2v) is 15.2. The Hall–Kier alpha value is -0.600. The fraction of sp³-hybridized carbons (Fsp3) is 0.879. The van der Waals surface area contributed by atoms with E-state index in [1.165, 1.54) is 70.8 Å². The monoisotopic (exact) mass is 475 g/mol. The van der Waals surface area contributed by atoms with Gasteiger partial charge in [-0.25, -0.2) is 0 Å². The molecule has 13 atom stereocenters. The fourth-order valence-corrected chi connectivity index (χ4v) is 12.5. The van der Waals surface area contributed by atoms with Crippen LogP contribution in [0.2, 0.25) is 0 Å². The van der Waals surface area contributed by atoms with Crippen molar-refractivity contribution in [2.45, 2.75) is 116 Å². The molecule has 2 spiro atoms. The van der Waals surface area contributed by atoms with Crippen molar-refractivity contribution in [3.8, 4) is 0 Å². The molecule has 2 heterocycles. The van der Waals surface area contributed by atoms with Crippen molar-refractivity contribution < 1.29 is 4.74 Å². The summed E-state index contributed by atoms with van der Waals surface area (Å²) in [5.41, 5.74) is 6.37. The van der Waals surface area contributed by atoms with Crippen molar-refractivity contribution in [2.75, 3.05) is 6.54 Å². The van der Waals surface area contributed by atoms with Crippen molar-refractivity contribution in [1.29, 1.82) is 0 Å². The summed E-state index contributed by atoms with van der Waals surface area (Å²) in [5.74, 6) is 7.50. The Morgan fingerprint density at radius 3 is 2.77 bits per heavy atom. The molecule has 8 rings (SSSR count). The predicted molar refractivity (Wildman–Crippen MR) is 142 cm³/mol. The molecule has 35 heavy (non-hydrogen) atoms. The minimum absolute atomic E-state index is 0.0268. The molecule has 192 valence electrons. The smallest absolute Gasteiger partial charge is 0.0944 e. The van der Waals surface area contributed by atoms with Gasteiger partial charge in [0.1, 0.15) is 0 Å². The molecule has 2 heteroatoms. The van der Waals surface area contributed by atoms with E-state index in [9.17, 15) is 0 Å².